The molecule has 0 aliphatic carbocycles. The van der Waals surface area contributed by atoms with Gasteiger partial charge in [0, 0.05) is 38.6 Å². The molecule has 1 atom stereocenters. The fraction of sp³-hybridized carbons (Fsp3) is 0.600. The first kappa shape index (κ1) is 18.3. The van der Waals surface area contributed by atoms with Gasteiger partial charge in [-0.2, -0.15) is 13.2 Å². The van der Waals surface area contributed by atoms with Crippen LogP contribution in [0.25, 0.3) is 0 Å². The molecule has 0 unspecified atom stereocenters. The molecule has 1 aliphatic rings. The highest BCUT2D eigenvalue weighted by molar-refractivity contribution is 5.85. The van der Waals surface area contributed by atoms with Crippen LogP contribution in [0.15, 0.2) is 24.3 Å². The van der Waals surface area contributed by atoms with Gasteiger partial charge in [-0.25, -0.2) is 0 Å². The van der Waals surface area contributed by atoms with Crippen molar-refractivity contribution in [1.29, 1.82) is 0 Å². The third-order valence-corrected chi connectivity index (χ3v) is 3.76. The van der Waals surface area contributed by atoms with E-state index in [1.165, 1.54) is 0 Å². The molecule has 0 aromatic heterocycles. The Bertz CT molecular complexity index is 414. The lowest BCUT2D eigenvalue weighted by Crippen LogP contribution is -2.45. The normalized spacial score (nSPS) is 18.1. The molecule has 0 spiro atoms. The molecule has 1 aliphatic heterocycles. The van der Waals surface area contributed by atoms with E-state index in [0.29, 0.717) is 0 Å². The predicted molar refractivity (Wildman–Crippen MR) is 80.9 cm³/mol. The Morgan fingerprint density at radius 1 is 1.14 bits per heavy atom. The second-order valence-electron chi connectivity index (χ2n) is 5.37. The molecule has 0 bridgehead atoms. The maximum absolute atomic E-state index is 12.5. The van der Waals surface area contributed by atoms with E-state index in [2.05, 4.69) is 10.2 Å². The van der Waals surface area contributed by atoms with Crippen molar-refractivity contribution in [2.45, 2.75) is 32.0 Å². The second kappa shape index (κ2) is 8.01. The number of nitrogens with one attached hydrogen (secondary N) is 1. The molecule has 1 aromatic rings. The summed E-state index contributed by atoms with van der Waals surface area (Å²) >= 11 is 0. The zero-order valence-corrected chi connectivity index (χ0v) is 12.9. The minimum absolute atomic E-state index is 0. The van der Waals surface area contributed by atoms with Crippen LogP contribution in [-0.4, -0.2) is 37.3 Å². The van der Waals surface area contributed by atoms with E-state index in [1.54, 1.807) is 0 Å². The fourth-order valence-electron chi connectivity index (χ4n) is 2.64. The Hall–Kier alpha value is -0.780. The number of rotatable bonds is 4. The highest BCUT2D eigenvalue weighted by atomic mass is 35.5. The lowest BCUT2D eigenvalue weighted by molar-refractivity contribution is -0.138. The number of aryl methyl sites for hydroxylation is 1. The minimum atomic E-state index is -4.09. The van der Waals surface area contributed by atoms with E-state index in [4.69, 9.17) is 0 Å². The van der Waals surface area contributed by atoms with Gasteiger partial charge in [-0.05, 0) is 18.9 Å². The summed E-state index contributed by atoms with van der Waals surface area (Å²) in [7, 11) is 0. The number of benzene rings is 1. The topological polar surface area (TPSA) is 15.3 Å². The lowest BCUT2D eigenvalue weighted by Gasteiger charge is -2.35. The van der Waals surface area contributed by atoms with Gasteiger partial charge in [0.05, 0.1) is 0 Å². The Morgan fingerprint density at radius 3 is 2.24 bits per heavy atom. The summed E-state index contributed by atoms with van der Waals surface area (Å²) in [5, 5.41) is 3.24. The summed E-state index contributed by atoms with van der Waals surface area (Å²) in [5.41, 5.74) is 2.12. The molecule has 6 heteroatoms. The van der Waals surface area contributed by atoms with E-state index in [-0.39, 0.29) is 24.9 Å². The Morgan fingerprint density at radius 2 is 1.71 bits per heavy atom. The standard InChI is InChI=1S/C15H21F3N2.ClH/c1-12-2-4-13(5-3-12)14(6-7-15(16,17)18)20-10-8-19-9-11-20;/h2-5,14,19H,6-11H2,1H3;1H/t14-;/m0./s1. The molecule has 2 nitrogen and oxygen atoms in total. The first-order chi connectivity index (χ1) is 9.46. The molecule has 2 rings (SSSR count). The Labute approximate surface area is 130 Å². The van der Waals surface area contributed by atoms with Gasteiger partial charge in [0.2, 0.25) is 0 Å². The fourth-order valence-corrected chi connectivity index (χ4v) is 2.64. The van der Waals surface area contributed by atoms with Crippen molar-refractivity contribution >= 4 is 12.4 Å². The third-order valence-electron chi connectivity index (χ3n) is 3.76. The molecule has 21 heavy (non-hydrogen) atoms. The lowest BCUT2D eigenvalue weighted by atomic mass is 9.98. The minimum Gasteiger partial charge on any atom is -0.314 e. The average molecular weight is 323 g/mol. The maximum atomic E-state index is 12.5. The van der Waals surface area contributed by atoms with Crippen molar-refractivity contribution in [3.8, 4) is 0 Å². The van der Waals surface area contributed by atoms with Gasteiger partial charge in [0.1, 0.15) is 0 Å². The third kappa shape index (κ3) is 5.85. The highest BCUT2D eigenvalue weighted by Crippen LogP contribution is 2.31. The van der Waals surface area contributed by atoms with Gasteiger partial charge in [-0.1, -0.05) is 29.8 Å². The van der Waals surface area contributed by atoms with Crippen LogP contribution in [0.3, 0.4) is 0 Å². The van der Waals surface area contributed by atoms with Crippen molar-refractivity contribution in [2.75, 3.05) is 26.2 Å². The molecular weight excluding hydrogens is 301 g/mol. The molecule has 0 radical (unpaired) electrons. The van der Waals surface area contributed by atoms with Crippen molar-refractivity contribution in [1.82, 2.24) is 10.2 Å². The van der Waals surface area contributed by atoms with Crippen LogP contribution in [-0.2, 0) is 0 Å². The molecule has 1 N–H and O–H groups in total. The summed E-state index contributed by atoms with van der Waals surface area (Å²) < 4.78 is 37.6. The molecule has 1 fully saturated rings. The average Bonchev–Trinajstić information content (AvgIpc) is 2.41. The zero-order chi connectivity index (χ0) is 14.6. The van der Waals surface area contributed by atoms with Crippen molar-refractivity contribution in [2.24, 2.45) is 0 Å². The van der Waals surface area contributed by atoms with Crippen molar-refractivity contribution < 1.29 is 13.2 Å². The predicted octanol–water partition coefficient (Wildman–Crippen LogP) is 3.71. The second-order valence-corrected chi connectivity index (χ2v) is 5.37. The number of halogens is 4. The van der Waals surface area contributed by atoms with Crippen LogP contribution in [0.2, 0.25) is 0 Å². The van der Waals surface area contributed by atoms with Gasteiger partial charge in [0.15, 0.2) is 0 Å². The Balaban J connectivity index is 0.00000220. The van der Waals surface area contributed by atoms with Gasteiger partial charge in [-0.15, -0.1) is 12.4 Å². The van der Waals surface area contributed by atoms with E-state index in [0.717, 1.165) is 37.3 Å². The van der Waals surface area contributed by atoms with Crippen LogP contribution in [0, 0.1) is 6.92 Å². The Kier molecular flexibility index (Phi) is 6.97. The van der Waals surface area contributed by atoms with E-state index < -0.39 is 12.6 Å². The van der Waals surface area contributed by atoms with E-state index in [9.17, 15) is 13.2 Å². The van der Waals surface area contributed by atoms with Crippen molar-refractivity contribution in [3.05, 3.63) is 35.4 Å². The van der Waals surface area contributed by atoms with Crippen LogP contribution >= 0.6 is 12.4 Å². The summed E-state index contributed by atoms with van der Waals surface area (Å²) in [4.78, 5) is 2.16. The molecular formula is C15H22ClF3N2. The van der Waals surface area contributed by atoms with Crippen LogP contribution < -0.4 is 5.32 Å². The van der Waals surface area contributed by atoms with Crippen molar-refractivity contribution in [3.63, 3.8) is 0 Å². The van der Waals surface area contributed by atoms with Crippen LogP contribution in [0.5, 0.6) is 0 Å². The molecule has 0 amide bonds. The largest absolute Gasteiger partial charge is 0.389 e. The number of hydrogen-bond donors (Lipinski definition) is 1. The summed E-state index contributed by atoms with van der Waals surface area (Å²) in [6.07, 6.45) is -4.68. The van der Waals surface area contributed by atoms with E-state index in [1.807, 2.05) is 31.2 Å². The summed E-state index contributed by atoms with van der Waals surface area (Å²) in [6, 6.07) is 7.71. The number of hydrogen-bond acceptors (Lipinski definition) is 2. The van der Waals surface area contributed by atoms with Gasteiger partial charge in [0.25, 0.3) is 0 Å². The van der Waals surface area contributed by atoms with Gasteiger partial charge < -0.3 is 5.32 Å². The highest BCUT2D eigenvalue weighted by Gasteiger charge is 2.31. The molecule has 1 saturated heterocycles. The quantitative estimate of drug-likeness (QED) is 0.909. The smallest absolute Gasteiger partial charge is 0.314 e. The maximum Gasteiger partial charge on any atom is 0.389 e. The monoisotopic (exact) mass is 322 g/mol. The van der Waals surface area contributed by atoms with E-state index >= 15 is 0 Å². The zero-order valence-electron chi connectivity index (χ0n) is 12.1. The number of alkyl halides is 3. The number of piperazine rings is 1. The van der Waals surface area contributed by atoms with Gasteiger partial charge >= 0.3 is 6.18 Å². The van der Waals surface area contributed by atoms with Gasteiger partial charge in [-0.3, -0.25) is 4.90 Å². The molecule has 1 aromatic carbocycles. The molecule has 0 saturated carbocycles. The number of nitrogens with zero attached hydrogens (tertiary/aromatic N) is 1. The van der Waals surface area contributed by atoms with Crippen LogP contribution in [0.4, 0.5) is 13.2 Å². The van der Waals surface area contributed by atoms with Crippen LogP contribution in [0.1, 0.15) is 30.0 Å². The molecule has 120 valence electrons. The molecule has 1 heterocycles. The first-order valence-corrected chi connectivity index (χ1v) is 7.04. The summed E-state index contributed by atoms with van der Waals surface area (Å²) in [6.45, 7) is 5.27. The first-order valence-electron chi connectivity index (χ1n) is 7.04. The summed E-state index contributed by atoms with van der Waals surface area (Å²) in [5.74, 6) is 0. The SMILES string of the molecule is Cc1ccc([C@H](CCC(F)(F)F)N2CCNCC2)cc1.Cl.